The highest BCUT2D eigenvalue weighted by molar-refractivity contribution is 6.32. The molecule has 0 saturated carbocycles. The lowest BCUT2D eigenvalue weighted by Crippen LogP contribution is -2.08. The Labute approximate surface area is 104 Å². The molecule has 0 unspecified atom stereocenters. The van der Waals surface area contributed by atoms with Crippen LogP contribution < -0.4 is 4.74 Å². The molecule has 0 bridgehead atoms. The summed E-state index contributed by atoms with van der Waals surface area (Å²) in [7, 11) is 0. The summed E-state index contributed by atoms with van der Waals surface area (Å²) in [6.45, 7) is 1.95. The number of aryl methyl sites for hydroxylation is 1. The fourth-order valence-corrected chi connectivity index (χ4v) is 1.45. The van der Waals surface area contributed by atoms with E-state index in [4.69, 9.17) is 16.3 Å². The van der Waals surface area contributed by atoms with Crippen molar-refractivity contribution in [3.8, 4) is 5.75 Å². The number of carbonyl (C=O) groups is 1. The molecule has 1 aromatic carbocycles. The van der Waals surface area contributed by atoms with Crippen molar-refractivity contribution in [2.45, 2.75) is 6.92 Å². The number of ether oxygens (including phenoxy) is 1. The molecule has 0 saturated heterocycles. The van der Waals surface area contributed by atoms with Gasteiger partial charge in [-0.3, -0.25) is 4.98 Å². The number of hydrogen-bond donors (Lipinski definition) is 0. The second-order valence-electron chi connectivity index (χ2n) is 3.56. The summed E-state index contributed by atoms with van der Waals surface area (Å²) in [6, 6.07) is 8.68. The first-order valence-corrected chi connectivity index (χ1v) is 5.43. The molecule has 0 fully saturated rings. The van der Waals surface area contributed by atoms with Crippen molar-refractivity contribution in [1.29, 1.82) is 0 Å². The number of nitrogens with zero attached hydrogens (tertiary/aromatic N) is 1. The molecule has 0 N–H and O–H groups in total. The Balaban J connectivity index is 2.17. The van der Waals surface area contributed by atoms with Crippen LogP contribution in [-0.2, 0) is 0 Å². The van der Waals surface area contributed by atoms with Gasteiger partial charge in [0, 0.05) is 18.5 Å². The third-order valence-electron chi connectivity index (χ3n) is 2.23. The lowest BCUT2D eigenvalue weighted by molar-refractivity contribution is 0.0735. The molecule has 4 heteroatoms. The van der Waals surface area contributed by atoms with E-state index in [1.54, 1.807) is 18.2 Å². The standard InChI is InChI=1S/C13H10ClNO2/c1-9-2-4-10(5-3-9)13(16)17-12-6-7-15-8-11(12)14/h2-8H,1H3. The van der Waals surface area contributed by atoms with Gasteiger partial charge in [-0.15, -0.1) is 0 Å². The van der Waals surface area contributed by atoms with Crippen molar-refractivity contribution < 1.29 is 9.53 Å². The summed E-state index contributed by atoms with van der Waals surface area (Å²) in [4.78, 5) is 15.6. The number of pyridine rings is 1. The summed E-state index contributed by atoms with van der Waals surface area (Å²) >= 11 is 5.84. The largest absolute Gasteiger partial charge is 0.421 e. The molecule has 0 aliphatic heterocycles. The van der Waals surface area contributed by atoms with Crippen LogP contribution in [-0.4, -0.2) is 11.0 Å². The number of halogens is 1. The van der Waals surface area contributed by atoms with Crippen LogP contribution in [0.4, 0.5) is 0 Å². The minimum absolute atomic E-state index is 0.312. The number of carbonyl (C=O) groups excluding carboxylic acids is 1. The maximum atomic E-state index is 11.8. The summed E-state index contributed by atoms with van der Waals surface area (Å²) in [5.74, 6) is -0.120. The van der Waals surface area contributed by atoms with Crippen LogP contribution in [0.2, 0.25) is 5.02 Å². The van der Waals surface area contributed by atoms with E-state index in [0.29, 0.717) is 16.3 Å². The topological polar surface area (TPSA) is 39.2 Å². The van der Waals surface area contributed by atoms with Gasteiger partial charge >= 0.3 is 5.97 Å². The fraction of sp³-hybridized carbons (Fsp3) is 0.0769. The van der Waals surface area contributed by atoms with E-state index in [2.05, 4.69) is 4.98 Å². The molecule has 0 amide bonds. The molecule has 1 heterocycles. The second-order valence-corrected chi connectivity index (χ2v) is 3.97. The van der Waals surface area contributed by atoms with Crippen molar-refractivity contribution >= 4 is 17.6 Å². The summed E-state index contributed by atoms with van der Waals surface area (Å²) < 4.78 is 5.16. The Morgan fingerprint density at radius 1 is 1.24 bits per heavy atom. The Morgan fingerprint density at radius 2 is 1.94 bits per heavy atom. The van der Waals surface area contributed by atoms with Crippen LogP contribution in [0.3, 0.4) is 0 Å². The Bertz CT molecular complexity index is 537. The van der Waals surface area contributed by atoms with E-state index in [1.807, 2.05) is 19.1 Å². The number of rotatable bonds is 2. The van der Waals surface area contributed by atoms with Gasteiger partial charge in [0.25, 0.3) is 0 Å². The molecule has 0 spiro atoms. The lowest BCUT2D eigenvalue weighted by Gasteiger charge is -2.05. The van der Waals surface area contributed by atoms with Gasteiger partial charge in [0.1, 0.15) is 5.02 Å². The molecule has 3 nitrogen and oxygen atoms in total. The molecular weight excluding hydrogens is 238 g/mol. The van der Waals surface area contributed by atoms with Crippen LogP contribution in [0.15, 0.2) is 42.7 Å². The summed E-state index contributed by atoms with van der Waals surface area (Å²) in [5, 5.41) is 0.313. The predicted molar refractivity (Wildman–Crippen MR) is 65.4 cm³/mol. The van der Waals surface area contributed by atoms with Gasteiger partial charge in [-0.1, -0.05) is 29.3 Å². The highest BCUT2D eigenvalue weighted by atomic mass is 35.5. The predicted octanol–water partition coefficient (Wildman–Crippen LogP) is 3.26. The minimum Gasteiger partial charge on any atom is -0.421 e. The molecule has 0 aliphatic carbocycles. The molecule has 0 aliphatic rings. The Kier molecular flexibility index (Phi) is 3.40. The number of benzene rings is 1. The van der Waals surface area contributed by atoms with E-state index in [-0.39, 0.29) is 0 Å². The van der Waals surface area contributed by atoms with Crippen molar-refractivity contribution in [1.82, 2.24) is 4.98 Å². The maximum absolute atomic E-state index is 11.8. The maximum Gasteiger partial charge on any atom is 0.343 e. The van der Waals surface area contributed by atoms with Crippen molar-refractivity contribution in [3.05, 3.63) is 58.9 Å². The second kappa shape index (κ2) is 4.97. The Hall–Kier alpha value is -1.87. The fourth-order valence-electron chi connectivity index (χ4n) is 1.29. The SMILES string of the molecule is Cc1ccc(C(=O)Oc2ccncc2Cl)cc1. The quantitative estimate of drug-likeness (QED) is 0.765. The first-order valence-electron chi connectivity index (χ1n) is 5.05. The summed E-state index contributed by atoms with van der Waals surface area (Å²) in [6.07, 6.45) is 2.95. The molecule has 0 radical (unpaired) electrons. The van der Waals surface area contributed by atoms with Crippen molar-refractivity contribution in [2.75, 3.05) is 0 Å². The van der Waals surface area contributed by atoms with Crippen LogP contribution >= 0.6 is 11.6 Å². The molecule has 2 aromatic rings. The number of aromatic nitrogens is 1. The average Bonchev–Trinajstić information content (AvgIpc) is 2.33. The van der Waals surface area contributed by atoms with Crippen LogP contribution in [0.1, 0.15) is 15.9 Å². The number of hydrogen-bond acceptors (Lipinski definition) is 3. The first kappa shape index (κ1) is 11.6. The minimum atomic E-state index is -0.432. The van der Waals surface area contributed by atoms with E-state index in [0.717, 1.165) is 5.56 Å². The van der Waals surface area contributed by atoms with Gasteiger partial charge in [-0.05, 0) is 19.1 Å². The lowest BCUT2D eigenvalue weighted by atomic mass is 10.1. The van der Waals surface area contributed by atoms with Gasteiger partial charge in [-0.25, -0.2) is 4.79 Å². The van der Waals surface area contributed by atoms with Gasteiger partial charge < -0.3 is 4.74 Å². The van der Waals surface area contributed by atoms with Crippen LogP contribution in [0.5, 0.6) is 5.75 Å². The highest BCUT2D eigenvalue weighted by Crippen LogP contribution is 2.22. The smallest absolute Gasteiger partial charge is 0.343 e. The van der Waals surface area contributed by atoms with Crippen LogP contribution in [0, 0.1) is 6.92 Å². The van der Waals surface area contributed by atoms with Crippen LogP contribution in [0.25, 0.3) is 0 Å². The highest BCUT2D eigenvalue weighted by Gasteiger charge is 2.10. The van der Waals surface area contributed by atoms with E-state index < -0.39 is 5.97 Å². The zero-order chi connectivity index (χ0) is 12.3. The number of esters is 1. The molecule has 2 rings (SSSR count). The zero-order valence-corrected chi connectivity index (χ0v) is 9.94. The average molecular weight is 248 g/mol. The van der Waals surface area contributed by atoms with Gasteiger partial charge in [0.2, 0.25) is 0 Å². The molecule has 86 valence electrons. The van der Waals surface area contributed by atoms with Gasteiger partial charge in [0.15, 0.2) is 5.75 Å². The molecular formula is C13H10ClNO2. The molecule has 1 aromatic heterocycles. The normalized spacial score (nSPS) is 10.0. The monoisotopic (exact) mass is 247 g/mol. The van der Waals surface area contributed by atoms with E-state index in [1.165, 1.54) is 12.4 Å². The first-order chi connectivity index (χ1) is 8.16. The Morgan fingerprint density at radius 3 is 2.59 bits per heavy atom. The molecule has 0 atom stereocenters. The third-order valence-corrected chi connectivity index (χ3v) is 2.51. The van der Waals surface area contributed by atoms with Gasteiger partial charge in [0.05, 0.1) is 5.56 Å². The van der Waals surface area contributed by atoms with Crippen molar-refractivity contribution in [2.24, 2.45) is 0 Å². The van der Waals surface area contributed by atoms with E-state index >= 15 is 0 Å². The van der Waals surface area contributed by atoms with Gasteiger partial charge in [-0.2, -0.15) is 0 Å². The summed E-state index contributed by atoms with van der Waals surface area (Å²) in [5.41, 5.74) is 1.58. The third kappa shape index (κ3) is 2.82. The zero-order valence-electron chi connectivity index (χ0n) is 9.18. The van der Waals surface area contributed by atoms with Crippen molar-refractivity contribution in [3.63, 3.8) is 0 Å². The molecule has 17 heavy (non-hydrogen) atoms. The van der Waals surface area contributed by atoms with E-state index in [9.17, 15) is 4.79 Å².